The maximum Gasteiger partial charge on any atom is 0.184 e. The van der Waals surface area contributed by atoms with Crippen LogP contribution < -0.4 is 10.1 Å². The lowest BCUT2D eigenvalue weighted by molar-refractivity contribution is 0.199. The summed E-state index contributed by atoms with van der Waals surface area (Å²) in [6.07, 6.45) is 0.0186. The Morgan fingerprint density at radius 2 is 2.21 bits per heavy atom. The topological polar surface area (TPSA) is 54.3 Å². The molecule has 1 atom stereocenters. The predicted molar refractivity (Wildman–Crippen MR) is 70.3 cm³/mol. The molecule has 1 aromatic carbocycles. The summed E-state index contributed by atoms with van der Waals surface area (Å²) in [5.74, 6) is 0.0192. The first-order valence-corrected chi connectivity index (χ1v) is 6.25. The molecule has 1 N–H and O–H groups in total. The van der Waals surface area contributed by atoms with Gasteiger partial charge >= 0.3 is 0 Å². The molecule has 5 heteroatoms. The maximum absolute atomic E-state index is 13.4. The largest absolute Gasteiger partial charge is 0.475 e. The van der Waals surface area contributed by atoms with Crippen LogP contribution in [-0.4, -0.2) is 26.4 Å². The van der Waals surface area contributed by atoms with Crippen LogP contribution in [0.2, 0.25) is 0 Å². The molecule has 0 aliphatic carbocycles. The minimum Gasteiger partial charge on any atom is -0.475 e. The van der Waals surface area contributed by atoms with Gasteiger partial charge < -0.3 is 14.8 Å². The Morgan fingerprint density at radius 3 is 2.84 bits per heavy atom. The highest BCUT2D eigenvalue weighted by molar-refractivity contribution is 5.30. The molecule has 0 saturated heterocycles. The van der Waals surface area contributed by atoms with Gasteiger partial charge in [-0.2, -0.15) is 5.26 Å². The smallest absolute Gasteiger partial charge is 0.184 e. The Kier molecular flexibility index (Phi) is 6.86. The van der Waals surface area contributed by atoms with E-state index in [0.29, 0.717) is 31.9 Å². The zero-order valence-electron chi connectivity index (χ0n) is 11.3. The number of halogens is 1. The number of hydrogen-bond donors (Lipinski definition) is 1. The summed E-state index contributed by atoms with van der Waals surface area (Å²) in [5.41, 5.74) is 0.777. The Morgan fingerprint density at radius 1 is 1.42 bits per heavy atom. The van der Waals surface area contributed by atoms with E-state index in [1.54, 1.807) is 13.2 Å². The molecule has 1 rings (SSSR count). The van der Waals surface area contributed by atoms with Gasteiger partial charge in [-0.25, -0.2) is 4.39 Å². The van der Waals surface area contributed by atoms with Crippen LogP contribution in [0.25, 0.3) is 0 Å². The number of nitriles is 1. The van der Waals surface area contributed by atoms with Crippen LogP contribution in [0.4, 0.5) is 4.39 Å². The van der Waals surface area contributed by atoms with Crippen molar-refractivity contribution in [2.75, 3.05) is 20.3 Å². The highest BCUT2D eigenvalue weighted by atomic mass is 19.1. The molecule has 0 amide bonds. The van der Waals surface area contributed by atoms with Crippen molar-refractivity contribution in [2.45, 2.75) is 26.0 Å². The molecule has 104 valence electrons. The van der Waals surface area contributed by atoms with Gasteiger partial charge in [0, 0.05) is 26.3 Å². The van der Waals surface area contributed by atoms with Gasteiger partial charge in [0.1, 0.15) is 17.6 Å². The van der Waals surface area contributed by atoms with Crippen molar-refractivity contribution in [3.05, 3.63) is 29.6 Å². The third-order valence-electron chi connectivity index (χ3n) is 2.54. The Bertz CT molecular complexity index is 432. The maximum atomic E-state index is 13.4. The normalized spacial score (nSPS) is 11.9. The molecule has 1 unspecified atom stereocenters. The Hall–Kier alpha value is -1.64. The molecular formula is C14H19FN2O2. The summed E-state index contributed by atoms with van der Waals surface area (Å²) < 4.78 is 23.8. The highest BCUT2D eigenvalue weighted by Gasteiger charge is 2.08. The second-order valence-corrected chi connectivity index (χ2v) is 4.11. The lowest BCUT2D eigenvalue weighted by atomic mass is 10.2. The van der Waals surface area contributed by atoms with E-state index in [9.17, 15) is 4.39 Å². The summed E-state index contributed by atoms with van der Waals surface area (Å²) in [7, 11) is 1.63. The van der Waals surface area contributed by atoms with Crippen molar-refractivity contribution >= 4 is 0 Å². The van der Waals surface area contributed by atoms with Gasteiger partial charge in [0.2, 0.25) is 0 Å². The van der Waals surface area contributed by atoms with Crippen molar-refractivity contribution in [3.8, 4) is 11.8 Å². The minimum absolute atomic E-state index is 0.367. The van der Waals surface area contributed by atoms with Crippen molar-refractivity contribution in [2.24, 2.45) is 0 Å². The van der Waals surface area contributed by atoms with Crippen LogP contribution >= 0.6 is 0 Å². The molecular weight excluding hydrogens is 247 g/mol. The van der Waals surface area contributed by atoms with E-state index >= 15 is 0 Å². The summed E-state index contributed by atoms with van der Waals surface area (Å²) >= 11 is 0. The zero-order valence-corrected chi connectivity index (χ0v) is 11.3. The van der Waals surface area contributed by atoms with Crippen molar-refractivity contribution < 1.29 is 13.9 Å². The molecule has 0 bridgehead atoms. The number of nitrogens with zero attached hydrogens (tertiary/aromatic N) is 1. The van der Waals surface area contributed by atoms with E-state index in [-0.39, 0.29) is 5.82 Å². The number of hydrogen-bond acceptors (Lipinski definition) is 4. The van der Waals surface area contributed by atoms with Crippen LogP contribution in [0.3, 0.4) is 0 Å². The van der Waals surface area contributed by atoms with Crippen molar-refractivity contribution in [1.29, 1.82) is 5.26 Å². The van der Waals surface area contributed by atoms with Crippen LogP contribution in [0, 0.1) is 17.1 Å². The van der Waals surface area contributed by atoms with Crippen molar-refractivity contribution in [3.63, 3.8) is 0 Å². The molecule has 19 heavy (non-hydrogen) atoms. The lowest BCUT2D eigenvalue weighted by Crippen LogP contribution is -2.19. The molecule has 0 fully saturated rings. The van der Waals surface area contributed by atoms with Crippen LogP contribution in [0.15, 0.2) is 18.2 Å². The summed E-state index contributed by atoms with van der Waals surface area (Å²) in [4.78, 5) is 0. The fourth-order valence-electron chi connectivity index (χ4n) is 1.56. The third kappa shape index (κ3) is 5.69. The van der Waals surface area contributed by atoms with Gasteiger partial charge in [0.05, 0.1) is 6.61 Å². The number of ether oxygens (including phenoxy) is 2. The SMILES string of the molecule is CCC(C#N)Oc1cc(F)cc(CNCCOC)c1. The fourth-order valence-corrected chi connectivity index (χ4v) is 1.56. The average molecular weight is 266 g/mol. The van der Waals surface area contributed by atoms with E-state index in [1.165, 1.54) is 12.1 Å². The third-order valence-corrected chi connectivity index (χ3v) is 2.54. The van der Waals surface area contributed by atoms with Gasteiger partial charge in [0.25, 0.3) is 0 Å². The number of rotatable bonds is 8. The molecule has 4 nitrogen and oxygen atoms in total. The lowest BCUT2D eigenvalue weighted by Gasteiger charge is -2.12. The second kappa shape index (κ2) is 8.46. The Labute approximate surface area is 113 Å². The summed E-state index contributed by atoms with van der Waals surface area (Å²) in [6, 6.07) is 6.50. The van der Waals surface area contributed by atoms with Crippen LogP contribution in [-0.2, 0) is 11.3 Å². The van der Waals surface area contributed by atoms with E-state index in [0.717, 1.165) is 5.56 Å². The number of nitrogens with one attached hydrogen (secondary N) is 1. The first-order valence-electron chi connectivity index (χ1n) is 6.25. The molecule has 0 aliphatic heterocycles. The van der Waals surface area contributed by atoms with E-state index < -0.39 is 6.10 Å². The molecule has 0 radical (unpaired) electrons. The quantitative estimate of drug-likeness (QED) is 0.733. The van der Waals surface area contributed by atoms with Crippen LogP contribution in [0.5, 0.6) is 5.75 Å². The monoisotopic (exact) mass is 266 g/mol. The minimum atomic E-state index is -0.545. The molecule has 0 aliphatic rings. The highest BCUT2D eigenvalue weighted by Crippen LogP contribution is 2.18. The average Bonchev–Trinajstić information content (AvgIpc) is 2.40. The summed E-state index contributed by atoms with van der Waals surface area (Å²) in [5, 5.41) is 12.0. The predicted octanol–water partition coefficient (Wildman–Crippen LogP) is 2.24. The van der Waals surface area contributed by atoms with Crippen molar-refractivity contribution in [1.82, 2.24) is 5.32 Å². The van der Waals surface area contributed by atoms with Gasteiger partial charge in [-0.05, 0) is 24.1 Å². The standard InChI is InChI=1S/C14H19FN2O2/c1-3-13(9-16)19-14-7-11(6-12(15)8-14)10-17-4-5-18-2/h6-8,13,17H,3-5,10H2,1-2H3. The van der Waals surface area contributed by atoms with Gasteiger partial charge in [-0.1, -0.05) is 6.92 Å². The molecule has 0 spiro atoms. The molecule has 0 heterocycles. The fraction of sp³-hybridized carbons (Fsp3) is 0.500. The Balaban J connectivity index is 2.63. The number of methoxy groups -OCH3 is 1. The molecule has 1 aromatic rings. The van der Waals surface area contributed by atoms with Gasteiger partial charge in [-0.15, -0.1) is 0 Å². The first kappa shape index (κ1) is 15.4. The van der Waals surface area contributed by atoms with Crippen LogP contribution in [0.1, 0.15) is 18.9 Å². The second-order valence-electron chi connectivity index (χ2n) is 4.11. The first-order chi connectivity index (χ1) is 9.19. The van der Waals surface area contributed by atoms with E-state index in [2.05, 4.69) is 5.32 Å². The summed E-state index contributed by atoms with van der Waals surface area (Å²) in [6.45, 7) is 3.67. The van der Waals surface area contributed by atoms with E-state index in [4.69, 9.17) is 14.7 Å². The van der Waals surface area contributed by atoms with E-state index in [1.807, 2.05) is 13.0 Å². The van der Waals surface area contributed by atoms with Gasteiger partial charge in [-0.3, -0.25) is 0 Å². The molecule has 0 saturated carbocycles. The molecule has 0 aromatic heterocycles. The van der Waals surface area contributed by atoms with Gasteiger partial charge in [0.15, 0.2) is 6.10 Å². The zero-order chi connectivity index (χ0) is 14.1. The number of benzene rings is 1.